The highest BCUT2D eigenvalue weighted by Crippen LogP contribution is 2.35. The van der Waals surface area contributed by atoms with Crippen molar-refractivity contribution in [2.24, 2.45) is 0 Å². The molecule has 3 heteroatoms. The second-order valence-corrected chi connectivity index (χ2v) is 3.86. The first-order valence-corrected chi connectivity index (χ1v) is 4.96. The van der Waals surface area contributed by atoms with Gasteiger partial charge in [-0.2, -0.15) is 0 Å². The molecule has 0 spiro atoms. The first kappa shape index (κ1) is 12.1. The van der Waals surface area contributed by atoms with Gasteiger partial charge in [-0.15, -0.1) is 0 Å². The van der Waals surface area contributed by atoms with E-state index in [1.165, 1.54) is 6.07 Å². The number of rotatable bonds is 3. The fourth-order valence-corrected chi connectivity index (χ4v) is 1.63. The molecule has 1 aromatic carbocycles. The molecule has 0 aliphatic carbocycles. The fourth-order valence-electron chi connectivity index (χ4n) is 1.63. The third-order valence-corrected chi connectivity index (χ3v) is 2.88. The molecule has 0 aliphatic rings. The standard InChI is InChI=1S/C12H16F2O/c1-8-4-5-11(10(3)9(8)2)12(13,14)6-7-15/h4-5,15H,6-7H2,1-3H3. The lowest BCUT2D eigenvalue weighted by Gasteiger charge is -2.20. The zero-order valence-corrected chi connectivity index (χ0v) is 9.27. The molecule has 1 rings (SSSR count). The lowest BCUT2D eigenvalue weighted by Crippen LogP contribution is -2.17. The van der Waals surface area contributed by atoms with Gasteiger partial charge in [0, 0.05) is 18.6 Å². The zero-order chi connectivity index (χ0) is 11.6. The zero-order valence-electron chi connectivity index (χ0n) is 9.27. The first-order chi connectivity index (χ1) is 6.90. The van der Waals surface area contributed by atoms with E-state index in [9.17, 15) is 8.78 Å². The Bertz CT molecular complexity index is 359. The Morgan fingerprint density at radius 1 is 1.13 bits per heavy atom. The molecule has 0 atom stereocenters. The number of benzene rings is 1. The van der Waals surface area contributed by atoms with Crippen LogP contribution < -0.4 is 0 Å². The Labute approximate surface area is 88.7 Å². The Morgan fingerprint density at radius 3 is 2.27 bits per heavy atom. The quantitative estimate of drug-likeness (QED) is 0.819. The Morgan fingerprint density at radius 2 is 1.73 bits per heavy atom. The minimum absolute atomic E-state index is 0.0275. The fraction of sp³-hybridized carbons (Fsp3) is 0.500. The highest BCUT2D eigenvalue weighted by atomic mass is 19.3. The maximum absolute atomic E-state index is 13.6. The average molecular weight is 214 g/mol. The van der Waals surface area contributed by atoms with Gasteiger partial charge in [-0.25, -0.2) is 8.78 Å². The summed E-state index contributed by atoms with van der Waals surface area (Å²) in [6.45, 7) is 4.93. The number of hydrogen-bond donors (Lipinski definition) is 1. The summed E-state index contributed by atoms with van der Waals surface area (Å²) in [6.07, 6.45) is -0.518. The normalized spacial score (nSPS) is 11.9. The van der Waals surface area contributed by atoms with Gasteiger partial charge in [0.25, 0.3) is 5.92 Å². The van der Waals surface area contributed by atoms with E-state index in [2.05, 4.69) is 0 Å². The van der Waals surface area contributed by atoms with Crippen LogP contribution in [0, 0.1) is 20.8 Å². The summed E-state index contributed by atoms with van der Waals surface area (Å²) >= 11 is 0. The van der Waals surface area contributed by atoms with Crippen LogP contribution in [0.2, 0.25) is 0 Å². The molecular weight excluding hydrogens is 198 g/mol. The van der Waals surface area contributed by atoms with Gasteiger partial charge in [0.2, 0.25) is 0 Å². The molecule has 0 saturated carbocycles. The molecule has 0 amide bonds. The Balaban J connectivity index is 3.21. The number of alkyl halides is 2. The molecule has 15 heavy (non-hydrogen) atoms. The van der Waals surface area contributed by atoms with Gasteiger partial charge in [0.05, 0.1) is 0 Å². The molecule has 0 aliphatic heterocycles. The lowest BCUT2D eigenvalue weighted by molar-refractivity contribution is -0.0275. The Hall–Kier alpha value is -0.960. The van der Waals surface area contributed by atoms with Crippen molar-refractivity contribution in [3.05, 3.63) is 34.4 Å². The summed E-state index contributed by atoms with van der Waals surface area (Å²) in [7, 11) is 0. The van der Waals surface area contributed by atoms with Crippen LogP contribution >= 0.6 is 0 Å². The van der Waals surface area contributed by atoms with Crippen LogP contribution in [0.1, 0.15) is 28.7 Å². The first-order valence-electron chi connectivity index (χ1n) is 4.96. The van der Waals surface area contributed by atoms with E-state index < -0.39 is 19.0 Å². The largest absolute Gasteiger partial charge is 0.396 e. The summed E-state index contributed by atoms with van der Waals surface area (Å²) in [6, 6.07) is 3.15. The summed E-state index contributed by atoms with van der Waals surface area (Å²) in [5, 5.41) is 8.60. The van der Waals surface area contributed by atoms with E-state index in [1.54, 1.807) is 13.0 Å². The van der Waals surface area contributed by atoms with Gasteiger partial charge in [-0.1, -0.05) is 12.1 Å². The van der Waals surface area contributed by atoms with E-state index in [4.69, 9.17) is 5.11 Å². The highest BCUT2D eigenvalue weighted by Gasteiger charge is 2.32. The van der Waals surface area contributed by atoms with Crippen molar-refractivity contribution in [3.63, 3.8) is 0 Å². The van der Waals surface area contributed by atoms with Crippen LogP contribution in [-0.4, -0.2) is 11.7 Å². The molecule has 0 radical (unpaired) electrons. The SMILES string of the molecule is Cc1ccc(C(F)(F)CCO)c(C)c1C. The van der Waals surface area contributed by atoms with Crippen LogP contribution in [-0.2, 0) is 5.92 Å². The van der Waals surface area contributed by atoms with Crippen molar-refractivity contribution in [1.29, 1.82) is 0 Å². The van der Waals surface area contributed by atoms with Crippen molar-refractivity contribution in [2.75, 3.05) is 6.61 Å². The molecule has 0 bridgehead atoms. The van der Waals surface area contributed by atoms with E-state index in [1.807, 2.05) is 13.8 Å². The summed E-state index contributed by atoms with van der Waals surface area (Å²) in [5.41, 5.74) is 2.55. The van der Waals surface area contributed by atoms with E-state index in [0.717, 1.165) is 11.1 Å². The third-order valence-electron chi connectivity index (χ3n) is 2.88. The highest BCUT2D eigenvalue weighted by molar-refractivity contribution is 5.40. The second kappa shape index (κ2) is 4.27. The molecule has 0 saturated heterocycles. The molecule has 84 valence electrons. The molecule has 1 nitrogen and oxygen atoms in total. The Kier molecular flexibility index (Phi) is 3.45. The predicted octanol–water partition coefficient (Wildman–Crippen LogP) is 3.09. The van der Waals surface area contributed by atoms with E-state index >= 15 is 0 Å². The number of aryl methyl sites for hydroxylation is 1. The van der Waals surface area contributed by atoms with Crippen LogP contribution in [0.3, 0.4) is 0 Å². The average Bonchev–Trinajstić information content (AvgIpc) is 2.13. The molecular formula is C12H16F2O. The van der Waals surface area contributed by atoms with E-state index in [-0.39, 0.29) is 5.56 Å². The maximum Gasteiger partial charge on any atom is 0.275 e. The summed E-state index contributed by atoms with van der Waals surface area (Å²) < 4.78 is 27.1. The van der Waals surface area contributed by atoms with Crippen LogP contribution in [0.4, 0.5) is 8.78 Å². The lowest BCUT2D eigenvalue weighted by atomic mass is 9.94. The van der Waals surface area contributed by atoms with Gasteiger partial charge >= 0.3 is 0 Å². The van der Waals surface area contributed by atoms with Crippen molar-refractivity contribution in [2.45, 2.75) is 33.1 Å². The number of halogens is 2. The van der Waals surface area contributed by atoms with Gasteiger partial charge < -0.3 is 5.11 Å². The number of aliphatic hydroxyl groups excluding tert-OH is 1. The van der Waals surface area contributed by atoms with Crippen molar-refractivity contribution in [1.82, 2.24) is 0 Å². The van der Waals surface area contributed by atoms with Crippen LogP contribution in [0.5, 0.6) is 0 Å². The molecule has 0 fully saturated rings. The van der Waals surface area contributed by atoms with Crippen LogP contribution in [0.15, 0.2) is 12.1 Å². The minimum atomic E-state index is -2.93. The van der Waals surface area contributed by atoms with Gasteiger partial charge in [-0.3, -0.25) is 0 Å². The topological polar surface area (TPSA) is 20.2 Å². The third kappa shape index (κ3) is 2.34. The summed E-state index contributed by atoms with van der Waals surface area (Å²) in [5.74, 6) is -2.93. The van der Waals surface area contributed by atoms with Crippen molar-refractivity contribution < 1.29 is 13.9 Å². The van der Waals surface area contributed by atoms with E-state index in [0.29, 0.717) is 5.56 Å². The van der Waals surface area contributed by atoms with Gasteiger partial charge in [0.15, 0.2) is 0 Å². The smallest absolute Gasteiger partial charge is 0.275 e. The minimum Gasteiger partial charge on any atom is -0.396 e. The monoisotopic (exact) mass is 214 g/mol. The van der Waals surface area contributed by atoms with Gasteiger partial charge in [-0.05, 0) is 37.5 Å². The number of aliphatic hydroxyl groups is 1. The molecule has 0 heterocycles. The second-order valence-electron chi connectivity index (χ2n) is 3.86. The predicted molar refractivity (Wildman–Crippen MR) is 56.2 cm³/mol. The molecule has 1 N–H and O–H groups in total. The number of hydrogen-bond acceptors (Lipinski definition) is 1. The maximum atomic E-state index is 13.6. The molecule has 1 aromatic rings. The molecule has 0 aromatic heterocycles. The molecule has 0 unspecified atom stereocenters. The van der Waals surface area contributed by atoms with Crippen molar-refractivity contribution >= 4 is 0 Å². The van der Waals surface area contributed by atoms with Crippen molar-refractivity contribution in [3.8, 4) is 0 Å². The van der Waals surface area contributed by atoms with Gasteiger partial charge in [0.1, 0.15) is 0 Å². The summed E-state index contributed by atoms with van der Waals surface area (Å²) in [4.78, 5) is 0. The van der Waals surface area contributed by atoms with Crippen LogP contribution in [0.25, 0.3) is 0 Å².